The van der Waals surface area contributed by atoms with E-state index in [4.69, 9.17) is 16.6 Å². The molecule has 0 radical (unpaired) electrons. The highest BCUT2D eigenvalue weighted by Gasteiger charge is 2.19. The molecule has 2 aromatic heterocycles. The summed E-state index contributed by atoms with van der Waals surface area (Å²) < 4.78 is 1.22. The Labute approximate surface area is 183 Å². The zero-order valence-corrected chi connectivity index (χ0v) is 17.9. The largest absolute Gasteiger partial charge is 0.224 e. The average molecular weight is 427 g/mol. The Hall–Kier alpha value is -2.75. The van der Waals surface area contributed by atoms with Crippen molar-refractivity contribution < 1.29 is 0 Å². The summed E-state index contributed by atoms with van der Waals surface area (Å²) in [5.41, 5.74) is 5.02. The van der Waals surface area contributed by atoms with Gasteiger partial charge in [0.2, 0.25) is 5.28 Å². The Morgan fingerprint density at radius 1 is 0.867 bits per heavy atom. The van der Waals surface area contributed by atoms with E-state index >= 15 is 0 Å². The van der Waals surface area contributed by atoms with Gasteiger partial charge in [-0.2, -0.15) is 0 Å². The summed E-state index contributed by atoms with van der Waals surface area (Å²) in [4.78, 5) is 10.2. The molecule has 0 aliphatic heterocycles. The van der Waals surface area contributed by atoms with E-state index in [9.17, 15) is 0 Å². The summed E-state index contributed by atoms with van der Waals surface area (Å²) >= 11 is 8.03. The van der Waals surface area contributed by atoms with Crippen LogP contribution in [0.1, 0.15) is 31.4 Å². The molecule has 2 aromatic carbocycles. The molecule has 2 heterocycles. The molecule has 2 aliphatic carbocycles. The number of halogens is 1. The van der Waals surface area contributed by atoms with Crippen LogP contribution in [0.3, 0.4) is 0 Å². The van der Waals surface area contributed by atoms with Gasteiger partial charge in [-0.1, -0.05) is 54.6 Å². The number of hydrogen-bond acceptors (Lipinski definition) is 3. The predicted octanol–water partition coefficient (Wildman–Crippen LogP) is 6.03. The standard InChI is InChI=1S/C26H19ClN2S/c27-26-28-24(23-21-12-3-4-14-22(21)30-25(23)29-26)18-10-5-9-17(15-18)20-13-6-8-16-7-1-2-11-19(16)20/h1-4,7-8,10-12,14-15H,5-6,9,13H2. The molecule has 0 N–H and O–H groups in total. The van der Waals surface area contributed by atoms with Gasteiger partial charge >= 0.3 is 0 Å². The fraction of sp³-hybridized carbons (Fsp3) is 0.154. The SMILES string of the molecule is Clc1nc(C2=CCCC(C3=c4ccccc4=CCC3)=C2)c2c(n1)sc1ccccc12. The number of hydrogen-bond donors (Lipinski definition) is 0. The summed E-state index contributed by atoms with van der Waals surface area (Å²) in [6.07, 6.45) is 11.3. The first-order valence-corrected chi connectivity index (χ1v) is 11.5. The molecule has 0 saturated carbocycles. The first kappa shape index (κ1) is 18.1. The molecule has 2 aliphatic rings. The van der Waals surface area contributed by atoms with Gasteiger partial charge in [0.05, 0.1) is 5.69 Å². The number of rotatable bonds is 2. The third-order valence-corrected chi connectivity index (χ3v) is 7.26. The van der Waals surface area contributed by atoms with Crippen molar-refractivity contribution in [2.45, 2.75) is 25.7 Å². The normalized spacial score (nSPS) is 16.2. The Kier molecular flexibility index (Phi) is 4.33. The van der Waals surface area contributed by atoms with E-state index in [2.05, 4.69) is 71.7 Å². The number of benzene rings is 2. The van der Waals surface area contributed by atoms with Crippen molar-refractivity contribution in [3.8, 4) is 0 Å². The van der Waals surface area contributed by atoms with E-state index in [1.54, 1.807) is 11.3 Å². The second kappa shape index (κ2) is 7.19. The summed E-state index contributed by atoms with van der Waals surface area (Å²) in [7, 11) is 0. The lowest BCUT2D eigenvalue weighted by Gasteiger charge is -2.19. The molecule has 0 saturated heterocycles. The van der Waals surface area contributed by atoms with Gasteiger partial charge < -0.3 is 0 Å². The van der Waals surface area contributed by atoms with Crippen molar-refractivity contribution in [3.63, 3.8) is 0 Å². The topological polar surface area (TPSA) is 25.8 Å². The van der Waals surface area contributed by atoms with Crippen molar-refractivity contribution in [3.05, 3.63) is 87.7 Å². The fourth-order valence-electron chi connectivity index (χ4n) is 4.70. The lowest BCUT2D eigenvalue weighted by atomic mass is 9.86. The maximum absolute atomic E-state index is 6.35. The van der Waals surface area contributed by atoms with Crippen molar-refractivity contribution in [1.29, 1.82) is 0 Å². The number of thiophene rings is 1. The lowest BCUT2D eigenvalue weighted by molar-refractivity contribution is 0.960. The molecule has 146 valence electrons. The number of aromatic nitrogens is 2. The zero-order chi connectivity index (χ0) is 20.1. The maximum atomic E-state index is 6.35. The van der Waals surface area contributed by atoms with Crippen LogP contribution >= 0.6 is 22.9 Å². The molecule has 0 spiro atoms. The summed E-state index contributed by atoms with van der Waals surface area (Å²) in [5.74, 6) is 0. The molecule has 2 nitrogen and oxygen atoms in total. The van der Waals surface area contributed by atoms with Crippen molar-refractivity contribution >= 4 is 60.5 Å². The van der Waals surface area contributed by atoms with Crippen LogP contribution in [0.2, 0.25) is 5.28 Å². The highest BCUT2D eigenvalue weighted by atomic mass is 35.5. The third kappa shape index (κ3) is 2.92. The second-order valence-electron chi connectivity index (χ2n) is 7.80. The Morgan fingerprint density at radius 3 is 2.67 bits per heavy atom. The summed E-state index contributed by atoms with van der Waals surface area (Å²) in [5, 5.41) is 5.37. The first-order valence-electron chi connectivity index (χ1n) is 10.3. The molecule has 0 amide bonds. The van der Waals surface area contributed by atoms with E-state index in [-0.39, 0.29) is 0 Å². The highest BCUT2D eigenvalue weighted by Crippen LogP contribution is 2.39. The van der Waals surface area contributed by atoms with Crippen LogP contribution in [0.25, 0.3) is 37.5 Å². The van der Waals surface area contributed by atoms with Gasteiger partial charge in [-0.05, 0) is 76.6 Å². The Bertz CT molecular complexity index is 1510. The summed E-state index contributed by atoms with van der Waals surface area (Å²) in [6.45, 7) is 0. The minimum absolute atomic E-state index is 0.316. The Balaban J connectivity index is 1.58. The second-order valence-corrected chi connectivity index (χ2v) is 9.16. The van der Waals surface area contributed by atoms with Crippen LogP contribution in [0.15, 0.2) is 66.3 Å². The predicted molar refractivity (Wildman–Crippen MR) is 128 cm³/mol. The minimum atomic E-state index is 0.316. The molecule has 30 heavy (non-hydrogen) atoms. The maximum Gasteiger partial charge on any atom is 0.224 e. The van der Waals surface area contributed by atoms with E-state index in [1.165, 1.54) is 31.7 Å². The summed E-state index contributed by atoms with van der Waals surface area (Å²) in [6, 6.07) is 17.2. The number of fused-ring (bicyclic) bond motifs is 4. The van der Waals surface area contributed by atoms with E-state index < -0.39 is 0 Å². The quantitative estimate of drug-likeness (QED) is 0.366. The van der Waals surface area contributed by atoms with Crippen molar-refractivity contribution in [2.24, 2.45) is 0 Å². The van der Waals surface area contributed by atoms with E-state index in [1.807, 2.05) is 0 Å². The van der Waals surface area contributed by atoms with Gasteiger partial charge in [0.15, 0.2) is 0 Å². The molecule has 4 heteroatoms. The first-order chi connectivity index (χ1) is 14.8. The molecule has 4 aromatic rings. The van der Waals surface area contributed by atoms with Crippen LogP contribution < -0.4 is 10.4 Å². The highest BCUT2D eigenvalue weighted by molar-refractivity contribution is 7.25. The van der Waals surface area contributed by atoms with Crippen LogP contribution in [-0.2, 0) is 0 Å². The van der Waals surface area contributed by atoms with Crippen LogP contribution in [0, 0.1) is 0 Å². The third-order valence-electron chi connectivity index (χ3n) is 6.02. The molecular weight excluding hydrogens is 408 g/mol. The monoisotopic (exact) mass is 426 g/mol. The van der Waals surface area contributed by atoms with Gasteiger partial charge in [0.25, 0.3) is 0 Å². The molecular formula is C26H19ClN2S. The van der Waals surface area contributed by atoms with Gasteiger partial charge in [0, 0.05) is 15.5 Å². The van der Waals surface area contributed by atoms with Gasteiger partial charge in [0.1, 0.15) is 4.83 Å². The van der Waals surface area contributed by atoms with Crippen molar-refractivity contribution in [2.75, 3.05) is 0 Å². The van der Waals surface area contributed by atoms with Crippen LogP contribution in [0.4, 0.5) is 0 Å². The number of nitrogens with zero attached hydrogens (tertiary/aromatic N) is 2. The van der Waals surface area contributed by atoms with E-state index in [0.717, 1.165) is 47.2 Å². The lowest BCUT2D eigenvalue weighted by Crippen LogP contribution is -2.29. The zero-order valence-electron chi connectivity index (χ0n) is 16.4. The van der Waals surface area contributed by atoms with Crippen molar-refractivity contribution in [1.82, 2.24) is 9.97 Å². The van der Waals surface area contributed by atoms with Gasteiger partial charge in [-0.15, -0.1) is 11.3 Å². The van der Waals surface area contributed by atoms with Crippen LogP contribution in [-0.4, -0.2) is 9.97 Å². The van der Waals surface area contributed by atoms with Gasteiger partial charge in [-0.25, -0.2) is 9.97 Å². The molecule has 0 atom stereocenters. The molecule has 6 rings (SSSR count). The Morgan fingerprint density at radius 2 is 1.70 bits per heavy atom. The average Bonchev–Trinajstić information content (AvgIpc) is 3.16. The minimum Gasteiger partial charge on any atom is -0.217 e. The fourth-order valence-corrected chi connectivity index (χ4v) is 6.00. The number of allylic oxidation sites excluding steroid dienone is 4. The molecule has 0 unspecified atom stereocenters. The van der Waals surface area contributed by atoms with E-state index in [0.29, 0.717) is 5.28 Å². The molecule has 0 bridgehead atoms. The molecule has 0 fully saturated rings. The van der Waals surface area contributed by atoms with Gasteiger partial charge in [-0.3, -0.25) is 0 Å². The van der Waals surface area contributed by atoms with Crippen LogP contribution in [0.5, 0.6) is 0 Å². The smallest absolute Gasteiger partial charge is 0.217 e.